The maximum absolute atomic E-state index is 13.7. The van der Waals surface area contributed by atoms with Gasteiger partial charge in [-0.3, -0.25) is 0 Å². The van der Waals surface area contributed by atoms with Gasteiger partial charge >= 0.3 is 0 Å². The Bertz CT molecular complexity index is 1160. The lowest BCUT2D eigenvalue weighted by molar-refractivity contribution is 0.355. The summed E-state index contributed by atoms with van der Waals surface area (Å²) in [6.07, 6.45) is 2.51. The zero-order chi connectivity index (χ0) is 19.7. The van der Waals surface area contributed by atoms with Crippen LogP contribution in [0.3, 0.4) is 0 Å². The molecule has 0 atom stereocenters. The fraction of sp³-hybridized carbons (Fsp3) is 0.136. The Hall–Kier alpha value is -2.86. The van der Waals surface area contributed by atoms with Crippen molar-refractivity contribution in [2.75, 3.05) is 14.2 Å². The number of aromatic nitrogens is 2. The second kappa shape index (κ2) is 7.64. The molecule has 0 aliphatic carbocycles. The van der Waals surface area contributed by atoms with E-state index in [9.17, 15) is 4.39 Å². The summed E-state index contributed by atoms with van der Waals surface area (Å²) in [4.78, 5) is 4.83. The van der Waals surface area contributed by atoms with Gasteiger partial charge in [-0.15, -0.1) is 0 Å². The predicted octanol–water partition coefficient (Wildman–Crippen LogP) is 5.51. The van der Waals surface area contributed by atoms with E-state index >= 15 is 0 Å². The van der Waals surface area contributed by atoms with Crippen molar-refractivity contribution >= 4 is 21.6 Å². The number of methoxy groups -OCH3 is 2. The standard InChI is InChI=1S/C22H18BrFN2O2/c1-27-19-8-6-15(12-20(19)28-2)22-18(11-14-4-3-5-17(24)10-14)26-13-16(23)7-9-21(26)25-22/h3-10,12-13H,11H2,1-2H3. The van der Waals surface area contributed by atoms with Gasteiger partial charge in [0.05, 0.1) is 25.6 Å². The van der Waals surface area contributed by atoms with E-state index < -0.39 is 0 Å². The highest BCUT2D eigenvalue weighted by Gasteiger charge is 2.17. The topological polar surface area (TPSA) is 35.8 Å². The number of halogens is 2. The molecule has 0 aliphatic rings. The molecule has 2 aromatic heterocycles. The predicted molar refractivity (Wildman–Crippen MR) is 111 cm³/mol. The Balaban J connectivity index is 1.90. The summed E-state index contributed by atoms with van der Waals surface area (Å²) in [5.41, 5.74) is 4.39. The minimum absolute atomic E-state index is 0.250. The minimum atomic E-state index is -0.250. The first-order valence-corrected chi connectivity index (χ1v) is 9.51. The van der Waals surface area contributed by atoms with Gasteiger partial charge in [-0.05, 0) is 64.0 Å². The average Bonchev–Trinajstić information content (AvgIpc) is 3.05. The number of rotatable bonds is 5. The molecule has 0 spiro atoms. The van der Waals surface area contributed by atoms with Gasteiger partial charge in [-0.1, -0.05) is 12.1 Å². The lowest BCUT2D eigenvalue weighted by Gasteiger charge is -2.10. The quantitative estimate of drug-likeness (QED) is 0.410. The fourth-order valence-corrected chi connectivity index (χ4v) is 3.63. The van der Waals surface area contributed by atoms with Gasteiger partial charge in [0, 0.05) is 22.7 Å². The zero-order valence-electron chi connectivity index (χ0n) is 15.4. The molecule has 0 aliphatic heterocycles. The third-order valence-electron chi connectivity index (χ3n) is 4.60. The number of ether oxygens (including phenoxy) is 2. The van der Waals surface area contributed by atoms with Crippen molar-refractivity contribution in [2.24, 2.45) is 0 Å². The molecular weight excluding hydrogens is 423 g/mol. The molecule has 2 heterocycles. The highest BCUT2D eigenvalue weighted by atomic mass is 79.9. The summed E-state index contributed by atoms with van der Waals surface area (Å²) in [7, 11) is 3.21. The molecule has 0 N–H and O–H groups in total. The van der Waals surface area contributed by atoms with Crippen LogP contribution >= 0.6 is 15.9 Å². The molecule has 6 heteroatoms. The van der Waals surface area contributed by atoms with Crippen LogP contribution in [0.4, 0.5) is 4.39 Å². The first-order valence-electron chi connectivity index (χ1n) is 8.72. The van der Waals surface area contributed by atoms with Crippen molar-refractivity contribution in [3.05, 3.63) is 82.3 Å². The molecule has 4 aromatic rings. The maximum atomic E-state index is 13.7. The van der Waals surface area contributed by atoms with E-state index in [1.807, 2.05) is 47.0 Å². The molecular formula is C22H18BrFN2O2. The molecule has 4 nitrogen and oxygen atoms in total. The number of fused-ring (bicyclic) bond motifs is 1. The van der Waals surface area contributed by atoms with Crippen molar-refractivity contribution in [1.29, 1.82) is 0 Å². The van der Waals surface area contributed by atoms with Crippen LogP contribution in [0.25, 0.3) is 16.9 Å². The summed E-state index contributed by atoms with van der Waals surface area (Å²) < 4.78 is 27.5. The van der Waals surface area contributed by atoms with E-state index in [2.05, 4.69) is 15.9 Å². The van der Waals surface area contributed by atoms with Gasteiger partial charge in [0.2, 0.25) is 0 Å². The summed E-state index contributed by atoms with van der Waals surface area (Å²) in [6, 6.07) is 16.3. The van der Waals surface area contributed by atoms with E-state index in [1.165, 1.54) is 6.07 Å². The van der Waals surface area contributed by atoms with E-state index in [-0.39, 0.29) is 5.82 Å². The van der Waals surface area contributed by atoms with Gasteiger partial charge < -0.3 is 13.9 Å². The molecule has 0 saturated carbocycles. The van der Waals surface area contributed by atoms with Gasteiger partial charge in [0.25, 0.3) is 0 Å². The summed E-state index contributed by atoms with van der Waals surface area (Å²) in [5, 5.41) is 0. The van der Waals surface area contributed by atoms with Crippen LogP contribution in [-0.2, 0) is 6.42 Å². The first-order chi connectivity index (χ1) is 13.6. The molecule has 142 valence electrons. The monoisotopic (exact) mass is 440 g/mol. The van der Waals surface area contributed by atoms with E-state index in [4.69, 9.17) is 14.5 Å². The summed E-state index contributed by atoms with van der Waals surface area (Å²) in [6.45, 7) is 0. The number of benzene rings is 2. The van der Waals surface area contributed by atoms with Crippen LogP contribution < -0.4 is 9.47 Å². The van der Waals surface area contributed by atoms with Crippen molar-refractivity contribution in [3.8, 4) is 22.8 Å². The number of hydrogen-bond donors (Lipinski definition) is 0. The molecule has 0 amide bonds. The van der Waals surface area contributed by atoms with Crippen LogP contribution in [0.5, 0.6) is 11.5 Å². The lowest BCUT2D eigenvalue weighted by Crippen LogP contribution is -1.98. The Labute approximate surface area is 170 Å². The lowest BCUT2D eigenvalue weighted by atomic mass is 10.0. The molecule has 2 aromatic carbocycles. The van der Waals surface area contributed by atoms with Crippen molar-refractivity contribution in [2.45, 2.75) is 6.42 Å². The second-order valence-electron chi connectivity index (χ2n) is 6.36. The third kappa shape index (κ3) is 3.47. The number of hydrogen-bond acceptors (Lipinski definition) is 3. The van der Waals surface area contributed by atoms with Crippen molar-refractivity contribution in [3.63, 3.8) is 0 Å². The average molecular weight is 441 g/mol. The smallest absolute Gasteiger partial charge is 0.161 e. The molecule has 0 saturated heterocycles. The minimum Gasteiger partial charge on any atom is -0.493 e. The SMILES string of the molecule is COc1ccc(-c2nc3ccc(Br)cn3c2Cc2cccc(F)c2)cc1OC. The number of nitrogens with zero attached hydrogens (tertiary/aromatic N) is 2. The zero-order valence-corrected chi connectivity index (χ0v) is 17.0. The Kier molecular flexibility index (Phi) is 5.05. The summed E-state index contributed by atoms with van der Waals surface area (Å²) >= 11 is 3.53. The van der Waals surface area contributed by atoms with Crippen LogP contribution in [0.2, 0.25) is 0 Å². The number of pyridine rings is 1. The Morgan fingerprint density at radius 3 is 2.57 bits per heavy atom. The normalized spacial score (nSPS) is 11.0. The molecule has 0 unspecified atom stereocenters. The van der Waals surface area contributed by atoms with Gasteiger partial charge in [0.1, 0.15) is 11.5 Å². The molecule has 0 radical (unpaired) electrons. The third-order valence-corrected chi connectivity index (χ3v) is 5.07. The highest BCUT2D eigenvalue weighted by Crippen LogP contribution is 2.34. The maximum Gasteiger partial charge on any atom is 0.161 e. The van der Waals surface area contributed by atoms with Crippen LogP contribution in [-0.4, -0.2) is 23.6 Å². The Morgan fingerprint density at radius 1 is 1.00 bits per heavy atom. The largest absolute Gasteiger partial charge is 0.493 e. The van der Waals surface area contributed by atoms with Crippen molar-refractivity contribution in [1.82, 2.24) is 9.38 Å². The second-order valence-corrected chi connectivity index (χ2v) is 7.27. The summed E-state index contributed by atoms with van der Waals surface area (Å²) in [5.74, 6) is 1.04. The van der Waals surface area contributed by atoms with Gasteiger partial charge in [-0.25, -0.2) is 9.37 Å². The van der Waals surface area contributed by atoms with Gasteiger partial charge in [-0.2, -0.15) is 0 Å². The van der Waals surface area contributed by atoms with Crippen molar-refractivity contribution < 1.29 is 13.9 Å². The van der Waals surface area contributed by atoms with E-state index in [0.717, 1.165) is 32.6 Å². The van der Waals surface area contributed by atoms with Crippen LogP contribution in [0.1, 0.15) is 11.3 Å². The highest BCUT2D eigenvalue weighted by molar-refractivity contribution is 9.10. The van der Waals surface area contributed by atoms with Gasteiger partial charge in [0.15, 0.2) is 11.5 Å². The van der Waals surface area contributed by atoms with E-state index in [0.29, 0.717) is 17.9 Å². The molecule has 4 rings (SSSR count). The molecule has 0 fully saturated rings. The fourth-order valence-electron chi connectivity index (χ4n) is 3.29. The molecule has 28 heavy (non-hydrogen) atoms. The van der Waals surface area contributed by atoms with Crippen LogP contribution in [0.15, 0.2) is 65.3 Å². The first kappa shape index (κ1) is 18.5. The van der Waals surface area contributed by atoms with Crippen LogP contribution in [0, 0.1) is 5.82 Å². The molecule has 0 bridgehead atoms. The van der Waals surface area contributed by atoms with E-state index in [1.54, 1.807) is 26.4 Å². The number of imidazole rings is 1. The Morgan fingerprint density at radius 2 is 1.82 bits per heavy atom.